The van der Waals surface area contributed by atoms with E-state index in [2.05, 4.69) is 34.8 Å². The number of thiophene rings is 1. The number of piperazine rings is 1. The Kier molecular flexibility index (Phi) is 5.10. The van der Waals surface area contributed by atoms with Gasteiger partial charge in [-0.25, -0.2) is 19.7 Å². The van der Waals surface area contributed by atoms with Crippen molar-refractivity contribution in [3.8, 4) is 0 Å². The average Bonchev–Trinajstić information content (AvgIpc) is 3.34. The summed E-state index contributed by atoms with van der Waals surface area (Å²) in [5.41, 5.74) is 1.19. The average molecular weight is 455 g/mol. The van der Waals surface area contributed by atoms with Crippen LogP contribution in [0.2, 0.25) is 0 Å². The lowest BCUT2D eigenvalue weighted by Gasteiger charge is -2.35. The molecule has 4 aromatic heterocycles. The number of nitrogens with one attached hydrogen (secondary N) is 1. The van der Waals surface area contributed by atoms with Gasteiger partial charge in [-0.2, -0.15) is 5.10 Å². The minimum atomic E-state index is -0.449. The maximum absolute atomic E-state index is 12.7. The van der Waals surface area contributed by atoms with E-state index >= 15 is 0 Å². The van der Waals surface area contributed by atoms with E-state index in [9.17, 15) is 9.59 Å². The number of rotatable bonds is 4. The summed E-state index contributed by atoms with van der Waals surface area (Å²) < 4.78 is 6.56. The van der Waals surface area contributed by atoms with Crippen LogP contribution in [0.15, 0.2) is 17.3 Å². The van der Waals surface area contributed by atoms with Gasteiger partial charge in [-0.15, -0.1) is 11.3 Å². The van der Waals surface area contributed by atoms with Crippen LogP contribution in [0.3, 0.4) is 0 Å². The number of ether oxygens (including phenoxy) is 1. The molecule has 1 N–H and O–H groups in total. The van der Waals surface area contributed by atoms with E-state index in [1.807, 2.05) is 7.05 Å². The van der Waals surface area contributed by atoms with Crippen LogP contribution in [-0.2, 0) is 18.3 Å². The highest BCUT2D eigenvalue weighted by molar-refractivity contribution is 7.20. The lowest BCUT2D eigenvalue weighted by Crippen LogP contribution is -2.46. The second kappa shape index (κ2) is 7.95. The number of aromatic amines is 1. The van der Waals surface area contributed by atoms with E-state index in [0.29, 0.717) is 33.0 Å². The Bertz CT molecular complexity index is 1380. The summed E-state index contributed by atoms with van der Waals surface area (Å²) in [7, 11) is 3.20. The van der Waals surface area contributed by atoms with Gasteiger partial charge in [0.2, 0.25) is 0 Å². The van der Waals surface area contributed by atoms with Crippen LogP contribution in [0.1, 0.15) is 21.1 Å². The van der Waals surface area contributed by atoms with E-state index in [1.165, 1.54) is 18.4 Å². The summed E-state index contributed by atoms with van der Waals surface area (Å²) in [5.74, 6) is 1.03. The fraction of sp³-hybridized carbons (Fsp3) is 0.400. The zero-order chi connectivity index (χ0) is 22.4. The molecular weight excluding hydrogens is 432 g/mol. The maximum atomic E-state index is 12.7. The number of aryl methyl sites for hydroxylation is 2. The molecule has 0 aliphatic carbocycles. The number of methoxy groups -OCH3 is 1. The highest BCUT2D eigenvalue weighted by Crippen LogP contribution is 2.28. The first-order valence-corrected chi connectivity index (χ1v) is 11.0. The highest BCUT2D eigenvalue weighted by Gasteiger charge is 2.23. The van der Waals surface area contributed by atoms with Crippen molar-refractivity contribution < 1.29 is 9.53 Å². The molecule has 4 aromatic rings. The molecule has 1 aliphatic heterocycles. The summed E-state index contributed by atoms with van der Waals surface area (Å²) >= 11 is 1.19. The van der Waals surface area contributed by atoms with Crippen LogP contribution in [0, 0.1) is 6.92 Å². The number of H-pyrrole nitrogens is 1. The molecule has 0 bridgehead atoms. The molecule has 1 fully saturated rings. The molecule has 0 aromatic carbocycles. The van der Waals surface area contributed by atoms with Crippen molar-refractivity contribution in [2.24, 2.45) is 7.05 Å². The molecule has 12 heteroatoms. The van der Waals surface area contributed by atoms with E-state index in [-0.39, 0.29) is 5.56 Å². The SMILES string of the molecule is COC(=O)c1sc2nc(CN3CCN(c4ncnc5c4cnn5C)CC3)[nH]c(=O)c2c1C. The first-order chi connectivity index (χ1) is 15.5. The Balaban J connectivity index is 1.33. The molecule has 0 spiro atoms. The lowest BCUT2D eigenvalue weighted by atomic mass is 10.2. The number of esters is 1. The number of anilines is 1. The van der Waals surface area contributed by atoms with E-state index in [0.717, 1.165) is 43.0 Å². The number of carbonyl (C=O) groups is 1. The van der Waals surface area contributed by atoms with Gasteiger partial charge in [-0.05, 0) is 12.5 Å². The fourth-order valence-electron chi connectivity index (χ4n) is 4.08. The van der Waals surface area contributed by atoms with Gasteiger partial charge in [-0.3, -0.25) is 14.4 Å². The minimum absolute atomic E-state index is 0.229. The standard InChI is InChI=1S/C20H22N8O3S/c1-11-14-18(29)24-13(25-19(14)32-15(11)20(30)31-3)9-27-4-6-28(7-5-27)17-12-8-23-26(2)16(12)21-10-22-17/h8,10H,4-7,9H2,1-3H3,(H,24,25,29). The van der Waals surface area contributed by atoms with Crippen LogP contribution < -0.4 is 10.5 Å². The van der Waals surface area contributed by atoms with Gasteiger partial charge in [-0.1, -0.05) is 0 Å². The van der Waals surface area contributed by atoms with Gasteiger partial charge in [0.1, 0.15) is 27.7 Å². The predicted octanol–water partition coefficient (Wildman–Crippen LogP) is 1.08. The Hall–Kier alpha value is -3.38. The Morgan fingerprint density at radius 2 is 2.03 bits per heavy atom. The number of hydrogen-bond acceptors (Lipinski definition) is 10. The molecule has 5 heterocycles. The summed E-state index contributed by atoms with van der Waals surface area (Å²) in [6, 6.07) is 0. The lowest BCUT2D eigenvalue weighted by molar-refractivity contribution is 0.0605. The number of aromatic nitrogens is 6. The quantitative estimate of drug-likeness (QED) is 0.451. The molecule has 5 rings (SSSR count). The van der Waals surface area contributed by atoms with Crippen molar-refractivity contribution in [3.63, 3.8) is 0 Å². The van der Waals surface area contributed by atoms with Crippen molar-refractivity contribution >= 4 is 44.4 Å². The monoisotopic (exact) mass is 454 g/mol. The van der Waals surface area contributed by atoms with Crippen LogP contribution in [0.25, 0.3) is 21.3 Å². The molecule has 11 nitrogen and oxygen atoms in total. The normalized spacial score (nSPS) is 15.0. The van der Waals surface area contributed by atoms with Crippen molar-refractivity contribution in [2.75, 3.05) is 38.2 Å². The molecule has 166 valence electrons. The van der Waals surface area contributed by atoms with Crippen LogP contribution >= 0.6 is 11.3 Å². The third-order valence-corrected chi connectivity index (χ3v) is 6.94. The zero-order valence-corrected chi connectivity index (χ0v) is 18.8. The first kappa shape index (κ1) is 20.5. The first-order valence-electron chi connectivity index (χ1n) is 10.2. The van der Waals surface area contributed by atoms with Crippen LogP contribution in [0.4, 0.5) is 5.82 Å². The van der Waals surface area contributed by atoms with Gasteiger partial charge in [0.05, 0.1) is 30.6 Å². The number of fused-ring (bicyclic) bond motifs is 2. The van der Waals surface area contributed by atoms with E-state index < -0.39 is 5.97 Å². The fourth-order valence-corrected chi connectivity index (χ4v) is 5.20. The topological polar surface area (TPSA) is 122 Å². The second-order valence-electron chi connectivity index (χ2n) is 7.71. The highest BCUT2D eigenvalue weighted by atomic mass is 32.1. The summed E-state index contributed by atoms with van der Waals surface area (Å²) in [6.45, 7) is 5.44. The third-order valence-electron chi connectivity index (χ3n) is 5.77. The van der Waals surface area contributed by atoms with Gasteiger partial charge < -0.3 is 14.6 Å². The van der Waals surface area contributed by atoms with Gasteiger partial charge in [0.15, 0.2) is 5.65 Å². The van der Waals surface area contributed by atoms with Crippen molar-refractivity contribution in [1.82, 2.24) is 34.6 Å². The minimum Gasteiger partial charge on any atom is -0.465 e. The van der Waals surface area contributed by atoms with E-state index in [4.69, 9.17) is 4.74 Å². The summed E-state index contributed by atoms with van der Waals surface area (Å²) in [5, 5.41) is 5.68. The Morgan fingerprint density at radius 3 is 2.78 bits per heavy atom. The Morgan fingerprint density at radius 1 is 1.25 bits per heavy atom. The Labute approximate surface area is 186 Å². The molecule has 32 heavy (non-hydrogen) atoms. The van der Waals surface area contributed by atoms with Crippen molar-refractivity contribution in [3.05, 3.63) is 39.1 Å². The molecular formula is C20H22N8O3S. The smallest absolute Gasteiger partial charge is 0.348 e. The van der Waals surface area contributed by atoms with Gasteiger partial charge in [0, 0.05) is 33.2 Å². The molecule has 0 unspecified atom stereocenters. The van der Waals surface area contributed by atoms with Gasteiger partial charge >= 0.3 is 5.97 Å². The largest absolute Gasteiger partial charge is 0.465 e. The second-order valence-corrected chi connectivity index (χ2v) is 8.71. The zero-order valence-electron chi connectivity index (χ0n) is 18.0. The third kappa shape index (κ3) is 3.41. The summed E-state index contributed by atoms with van der Waals surface area (Å²) in [4.78, 5) is 46.3. The molecule has 0 atom stereocenters. The van der Waals surface area contributed by atoms with E-state index in [1.54, 1.807) is 24.1 Å². The van der Waals surface area contributed by atoms with Crippen LogP contribution in [-0.4, -0.2) is 73.9 Å². The summed E-state index contributed by atoms with van der Waals surface area (Å²) in [6.07, 6.45) is 3.37. The van der Waals surface area contributed by atoms with Crippen molar-refractivity contribution in [1.29, 1.82) is 0 Å². The molecule has 1 saturated heterocycles. The number of nitrogens with zero attached hydrogens (tertiary/aromatic N) is 7. The predicted molar refractivity (Wildman–Crippen MR) is 120 cm³/mol. The maximum Gasteiger partial charge on any atom is 0.348 e. The number of carbonyl (C=O) groups excluding carboxylic acids is 1. The van der Waals surface area contributed by atoms with Crippen LogP contribution in [0.5, 0.6) is 0 Å². The molecule has 0 saturated carbocycles. The molecule has 1 aliphatic rings. The molecule has 0 amide bonds. The van der Waals surface area contributed by atoms with Gasteiger partial charge in [0.25, 0.3) is 5.56 Å². The number of hydrogen-bond donors (Lipinski definition) is 1. The molecule has 0 radical (unpaired) electrons. The van der Waals surface area contributed by atoms with Crippen molar-refractivity contribution in [2.45, 2.75) is 13.5 Å².